The van der Waals surface area contributed by atoms with Crippen molar-refractivity contribution < 1.29 is 9.59 Å². The molecule has 0 bridgehead atoms. The van der Waals surface area contributed by atoms with Gasteiger partial charge in [0.15, 0.2) is 6.29 Å². The summed E-state index contributed by atoms with van der Waals surface area (Å²) in [6.07, 6.45) is 5.49. The zero-order chi connectivity index (χ0) is 10.0. The highest BCUT2D eigenvalue weighted by Gasteiger charge is 2.44. The number of aliphatic imine (C=N–C) groups is 1. The van der Waals surface area contributed by atoms with Crippen molar-refractivity contribution in [1.82, 2.24) is 4.98 Å². The van der Waals surface area contributed by atoms with E-state index in [9.17, 15) is 9.59 Å². The van der Waals surface area contributed by atoms with Gasteiger partial charge in [-0.25, -0.2) is 4.79 Å². The number of rotatable bonds is 3. The predicted molar refractivity (Wildman–Crippen MR) is 48.7 cm³/mol. The Morgan fingerprint density at radius 1 is 1.57 bits per heavy atom. The quantitative estimate of drug-likeness (QED) is 0.407. The minimum Gasteiger partial charge on any atom is -0.296 e. The van der Waals surface area contributed by atoms with E-state index in [1.165, 1.54) is 0 Å². The minimum atomic E-state index is -0.414. The fourth-order valence-corrected chi connectivity index (χ4v) is 1.47. The summed E-state index contributed by atoms with van der Waals surface area (Å²) in [5.41, 5.74) is 0.829. The molecule has 0 saturated heterocycles. The number of aromatic nitrogens is 1. The van der Waals surface area contributed by atoms with E-state index in [-0.39, 0.29) is 0 Å². The van der Waals surface area contributed by atoms with Gasteiger partial charge in [0.2, 0.25) is 6.08 Å². The summed E-state index contributed by atoms with van der Waals surface area (Å²) in [6.45, 7) is 0. The SMILES string of the molecule is O=C=NC1(c2ccnc(C=O)c2)CC1. The van der Waals surface area contributed by atoms with Crippen LogP contribution in [0.5, 0.6) is 0 Å². The first kappa shape index (κ1) is 8.78. The Morgan fingerprint density at radius 3 is 2.93 bits per heavy atom. The van der Waals surface area contributed by atoms with Gasteiger partial charge in [-0.3, -0.25) is 9.78 Å². The van der Waals surface area contributed by atoms with E-state index in [1.54, 1.807) is 24.4 Å². The van der Waals surface area contributed by atoms with Crippen molar-refractivity contribution in [3.05, 3.63) is 29.6 Å². The molecular formula is C10H8N2O2. The standard InChI is InChI=1S/C10H8N2O2/c13-6-9-5-8(1-4-11-9)10(2-3-10)12-7-14/h1,4-6H,2-3H2. The first-order chi connectivity index (χ1) is 6.80. The molecule has 1 saturated carbocycles. The average molecular weight is 188 g/mol. The largest absolute Gasteiger partial charge is 0.296 e. The van der Waals surface area contributed by atoms with E-state index < -0.39 is 5.54 Å². The molecule has 0 aromatic carbocycles. The van der Waals surface area contributed by atoms with Crippen molar-refractivity contribution in [3.63, 3.8) is 0 Å². The van der Waals surface area contributed by atoms with Crippen LogP contribution in [0.15, 0.2) is 23.3 Å². The normalized spacial score (nSPS) is 16.9. The van der Waals surface area contributed by atoms with Crippen LogP contribution in [0.4, 0.5) is 0 Å². The molecule has 1 heterocycles. The zero-order valence-electron chi connectivity index (χ0n) is 7.43. The fourth-order valence-electron chi connectivity index (χ4n) is 1.47. The number of hydrogen-bond donors (Lipinski definition) is 0. The Hall–Kier alpha value is -1.80. The first-order valence-corrected chi connectivity index (χ1v) is 4.31. The van der Waals surface area contributed by atoms with Gasteiger partial charge in [0.1, 0.15) is 5.69 Å². The third kappa shape index (κ3) is 1.36. The van der Waals surface area contributed by atoms with Gasteiger partial charge in [-0.15, -0.1) is 0 Å². The first-order valence-electron chi connectivity index (χ1n) is 4.31. The molecule has 0 unspecified atom stereocenters. The molecule has 14 heavy (non-hydrogen) atoms. The lowest BCUT2D eigenvalue weighted by Gasteiger charge is -2.06. The van der Waals surface area contributed by atoms with Crippen molar-refractivity contribution in [2.45, 2.75) is 18.4 Å². The number of hydrogen-bond acceptors (Lipinski definition) is 4. The summed E-state index contributed by atoms with van der Waals surface area (Å²) in [5.74, 6) is 0. The van der Waals surface area contributed by atoms with Gasteiger partial charge >= 0.3 is 0 Å². The Kier molecular flexibility index (Phi) is 1.98. The van der Waals surface area contributed by atoms with Crippen LogP contribution in [0.2, 0.25) is 0 Å². The monoisotopic (exact) mass is 188 g/mol. The molecule has 0 atom stereocenters. The summed E-state index contributed by atoms with van der Waals surface area (Å²) in [5, 5.41) is 0. The molecule has 1 aliphatic rings. The lowest BCUT2D eigenvalue weighted by atomic mass is 10.1. The molecular weight excluding hydrogens is 180 g/mol. The van der Waals surface area contributed by atoms with Crippen molar-refractivity contribution >= 4 is 12.4 Å². The van der Waals surface area contributed by atoms with Gasteiger partial charge in [0.05, 0.1) is 5.54 Å². The number of nitrogens with zero attached hydrogens (tertiary/aromatic N) is 2. The molecule has 2 rings (SSSR count). The Labute approximate surface area is 80.7 Å². The summed E-state index contributed by atoms with van der Waals surface area (Å²) in [4.78, 5) is 28.3. The predicted octanol–water partition coefficient (Wildman–Crippen LogP) is 1.22. The van der Waals surface area contributed by atoms with E-state index in [1.807, 2.05) is 0 Å². The van der Waals surface area contributed by atoms with Crippen LogP contribution in [0.1, 0.15) is 28.9 Å². The minimum absolute atomic E-state index is 0.370. The Balaban J connectivity index is 2.41. The molecule has 1 fully saturated rings. The van der Waals surface area contributed by atoms with Crippen LogP contribution in [-0.4, -0.2) is 17.4 Å². The highest BCUT2D eigenvalue weighted by Crippen LogP contribution is 2.49. The van der Waals surface area contributed by atoms with Gasteiger partial charge in [-0.2, -0.15) is 4.99 Å². The second kappa shape index (κ2) is 3.16. The number of carbonyl (C=O) groups is 1. The number of isocyanates is 1. The molecule has 0 amide bonds. The van der Waals surface area contributed by atoms with E-state index in [0.717, 1.165) is 18.4 Å². The molecule has 0 radical (unpaired) electrons. The number of carbonyl (C=O) groups excluding carboxylic acids is 2. The van der Waals surface area contributed by atoms with Crippen LogP contribution < -0.4 is 0 Å². The van der Waals surface area contributed by atoms with Crippen molar-refractivity contribution in [3.8, 4) is 0 Å². The van der Waals surface area contributed by atoms with Gasteiger partial charge in [0, 0.05) is 6.20 Å². The summed E-state index contributed by atoms with van der Waals surface area (Å²) in [6, 6.07) is 3.45. The molecule has 1 aromatic rings. The maximum absolute atomic E-state index is 10.5. The average Bonchev–Trinajstić information content (AvgIpc) is 3.00. The van der Waals surface area contributed by atoms with Crippen molar-refractivity contribution in [1.29, 1.82) is 0 Å². The topological polar surface area (TPSA) is 59.4 Å². The second-order valence-electron chi connectivity index (χ2n) is 3.32. The van der Waals surface area contributed by atoms with Gasteiger partial charge in [-0.1, -0.05) is 0 Å². The summed E-state index contributed by atoms with van der Waals surface area (Å²) < 4.78 is 0. The third-order valence-electron chi connectivity index (χ3n) is 2.42. The molecule has 0 aliphatic heterocycles. The molecule has 1 aliphatic carbocycles. The second-order valence-corrected chi connectivity index (χ2v) is 3.32. The highest BCUT2D eigenvalue weighted by molar-refractivity contribution is 5.72. The van der Waals surface area contributed by atoms with Crippen LogP contribution >= 0.6 is 0 Å². The lowest BCUT2D eigenvalue weighted by Crippen LogP contribution is -2.03. The molecule has 4 nitrogen and oxygen atoms in total. The van der Waals surface area contributed by atoms with E-state index in [0.29, 0.717) is 12.0 Å². The molecule has 70 valence electrons. The van der Waals surface area contributed by atoms with Gasteiger partial charge < -0.3 is 0 Å². The van der Waals surface area contributed by atoms with E-state index in [4.69, 9.17) is 0 Å². The molecule has 1 aromatic heterocycles. The zero-order valence-corrected chi connectivity index (χ0v) is 7.43. The third-order valence-corrected chi connectivity index (χ3v) is 2.42. The maximum Gasteiger partial charge on any atom is 0.235 e. The Bertz CT molecular complexity index is 418. The smallest absolute Gasteiger partial charge is 0.235 e. The Morgan fingerprint density at radius 2 is 2.36 bits per heavy atom. The highest BCUT2D eigenvalue weighted by atomic mass is 16.1. The van der Waals surface area contributed by atoms with Gasteiger partial charge in [0.25, 0.3) is 0 Å². The van der Waals surface area contributed by atoms with E-state index in [2.05, 4.69) is 9.98 Å². The molecule has 4 heteroatoms. The summed E-state index contributed by atoms with van der Waals surface area (Å²) >= 11 is 0. The van der Waals surface area contributed by atoms with Crippen LogP contribution in [0.3, 0.4) is 0 Å². The van der Waals surface area contributed by atoms with Crippen LogP contribution in [-0.2, 0) is 10.3 Å². The lowest BCUT2D eigenvalue weighted by molar-refractivity contribution is 0.111. The van der Waals surface area contributed by atoms with Crippen LogP contribution in [0.25, 0.3) is 0 Å². The fraction of sp³-hybridized carbons (Fsp3) is 0.300. The van der Waals surface area contributed by atoms with Gasteiger partial charge in [-0.05, 0) is 30.5 Å². The maximum atomic E-state index is 10.5. The van der Waals surface area contributed by atoms with E-state index >= 15 is 0 Å². The number of aldehydes is 1. The summed E-state index contributed by atoms with van der Waals surface area (Å²) in [7, 11) is 0. The molecule has 0 spiro atoms. The number of pyridine rings is 1. The van der Waals surface area contributed by atoms with Crippen molar-refractivity contribution in [2.24, 2.45) is 4.99 Å². The molecule has 0 N–H and O–H groups in total. The van der Waals surface area contributed by atoms with Crippen LogP contribution in [0, 0.1) is 0 Å². The van der Waals surface area contributed by atoms with Crippen molar-refractivity contribution in [2.75, 3.05) is 0 Å².